The molecule has 0 aliphatic rings. The summed E-state index contributed by atoms with van der Waals surface area (Å²) in [6.45, 7) is 4.02. The Balaban J connectivity index is 2.40. The van der Waals surface area contributed by atoms with E-state index in [4.69, 9.17) is 4.42 Å². The Hall–Kier alpha value is -1.28. The van der Waals surface area contributed by atoms with E-state index in [0.717, 1.165) is 28.7 Å². The summed E-state index contributed by atoms with van der Waals surface area (Å²) < 4.78 is 5.71. The molecule has 1 unspecified atom stereocenters. The van der Waals surface area contributed by atoms with Gasteiger partial charge in [0.25, 0.3) is 0 Å². The molecule has 1 atom stereocenters. The van der Waals surface area contributed by atoms with Gasteiger partial charge >= 0.3 is 0 Å². The minimum absolute atomic E-state index is 0.302. The molecule has 15 heavy (non-hydrogen) atoms. The summed E-state index contributed by atoms with van der Waals surface area (Å²) in [5.74, 6) is 0.908. The highest BCUT2D eigenvalue weighted by atomic mass is 16.3. The number of aliphatic hydroxyl groups excluding tert-OH is 1. The molecule has 2 heteroatoms. The van der Waals surface area contributed by atoms with E-state index in [-0.39, 0.29) is 6.10 Å². The van der Waals surface area contributed by atoms with Gasteiger partial charge in [0.15, 0.2) is 0 Å². The van der Waals surface area contributed by atoms with Crippen molar-refractivity contribution in [2.45, 2.75) is 32.8 Å². The van der Waals surface area contributed by atoms with Gasteiger partial charge in [-0.05, 0) is 25.0 Å². The van der Waals surface area contributed by atoms with E-state index in [1.54, 1.807) is 0 Å². The number of fused-ring (bicyclic) bond motifs is 1. The fraction of sp³-hybridized carbons (Fsp3) is 0.385. The van der Waals surface area contributed by atoms with E-state index in [1.165, 1.54) is 0 Å². The standard InChI is InChI=1S/C13H16O2/c1-3-10(14)8-13-9(2)11-6-4-5-7-12(11)15-13/h4-7,10,14H,3,8H2,1-2H3. The maximum absolute atomic E-state index is 9.60. The van der Waals surface area contributed by atoms with Crippen LogP contribution in [-0.4, -0.2) is 11.2 Å². The number of hydrogen-bond acceptors (Lipinski definition) is 2. The molecule has 0 aliphatic carbocycles. The third kappa shape index (κ3) is 1.90. The molecule has 0 fully saturated rings. The van der Waals surface area contributed by atoms with Gasteiger partial charge < -0.3 is 9.52 Å². The zero-order valence-corrected chi connectivity index (χ0v) is 9.16. The lowest BCUT2D eigenvalue weighted by Gasteiger charge is -2.04. The van der Waals surface area contributed by atoms with Crippen molar-refractivity contribution in [2.24, 2.45) is 0 Å². The molecule has 2 aromatic rings. The highest BCUT2D eigenvalue weighted by molar-refractivity contribution is 5.81. The van der Waals surface area contributed by atoms with E-state index >= 15 is 0 Å². The number of aliphatic hydroxyl groups is 1. The molecule has 2 rings (SSSR count). The Kier molecular flexibility index (Phi) is 2.78. The number of benzene rings is 1. The quantitative estimate of drug-likeness (QED) is 0.833. The number of rotatable bonds is 3. The molecule has 80 valence electrons. The van der Waals surface area contributed by atoms with Crippen LogP contribution < -0.4 is 0 Å². The van der Waals surface area contributed by atoms with Crippen molar-refractivity contribution in [1.82, 2.24) is 0 Å². The van der Waals surface area contributed by atoms with Gasteiger partial charge in [-0.2, -0.15) is 0 Å². The average molecular weight is 204 g/mol. The Morgan fingerprint density at radius 2 is 2.07 bits per heavy atom. The minimum Gasteiger partial charge on any atom is -0.461 e. The number of furan rings is 1. The lowest BCUT2D eigenvalue weighted by atomic mass is 10.1. The second-order valence-electron chi connectivity index (χ2n) is 3.91. The topological polar surface area (TPSA) is 33.4 Å². The summed E-state index contributed by atoms with van der Waals surface area (Å²) in [7, 11) is 0. The van der Waals surface area contributed by atoms with E-state index in [9.17, 15) is 5.11 Å². The number of aryl methyl sites for hydroxylation is 1. The second-order valence-corrected chi connectivity index (χ2v) is 3.91. The zero-order valence-electron chi connectivity index (χ0n) is 9.16. The van der Waals surface area contributed by atoms with E-state index in [1.807, 2.05) is 32.0 Å². The molecule has 1 aromatic heterocycles. The highest BCUT2D eigenvalue weighted by Gasteiger charge is 2.12. The Labute approximate surface area is 89.5 Å². The first-order valence-electron chi connectivity index (χ1n) is 5.37. The molecule has 1 heterocycles. The molecule has 0 aliphatic heterocycles. The maximum Gasteiger partial charge on any atom is 0.134 e. The molecule has 2 nitrogen and oxygen atoms in total. The van der Waals surface area contributed by atoms with Crippen molar-refractivity contribution in [1.29, 1.82) is 0 Å². The van der Waals surface area contributed by atoms with Crippen LogP contribution in [-0.2, 0) is 6.42 Å². The molecular weight excluding hydrogens is 188 g/mol. The summed E-state index contributed by atoms with van der Waals surface area (Å²) >= 11 is 0. The lowest BCUT2D eigenvalue weighted by molar-refractivity contribution is 0.164. The first-order chi connectivity index (χ1) is 7.22. The third-order valence-electron chi connectivity index (χ3n) is 2.83. The van der Waals surface area contributed by atoms with Crippen molar-refractivity contribution in [3.05, 3.63) is 35.6 Å². The van der Waals surface area contributed by atoms with Gasteiger partial charge in [0, 0.05) is 11.8 Å². The van der Waals surface area contributed by atoms with Gasteiger partial charge in [-0.25, -0.2) is 0 Å². The van der Waals surface area contributed by atoms with Crippen LogP contribution in [0.3, 0.4) is 0 Å². The first-order valence-corrected chi connectivity index (χ1v) is 5.37. The van der Waals surface area contributed by atoms with Gasteiger partial charge in [0.2, 0.25) is 0 Å². The molecular formula is C13H16O2. The lowest BCUT2D eigenvalue weighted by Crippen LogP contribution is -2.08. The van der Waals surface area contributed by atoms with Gasteiger partial charge in [0.05, 0.1) is 6.10 Å². The molecule has 1 N–H and O–H groups in total. The first kappa shape index (κ1) is 10.2. The van der Waals surface area contributed by atoms with Gasteiger partial charge in [-0.15, -0.1) is 0 Å². The number of hydrogen-bond donors (Lipinski definition) is 1. The maximum atomic E-state index is 9.60. The summed E-state index contributed by atoms with van der Waals surface area (Å²) in [6, 6.07) is 7.98. The predicted molar refractivity (Wildman–Crippen MR) is 61.0 cm³/mol. The van der Waals surface area contributed by atoms with E-state index in [2.05, 4.69) is 6.07 Å². The third-order valence-corrected chi connectivity index (χ3v) is 2.83. The van der Waals surface area contributed by atoms with Crippen LogP contribution in [0.4, 0.5) is 0 Å². The second kappa shape index (κ2) is 4.07. The molecule has 0 radical (unpaired) electrons. The summed E-state index contributed by atoms with van der Waals surface area (Å²) in [6.07, 6.45) is 1.07. The minimum atomic E-state index is -0.302. The van der Waals surface area contributed by atoms with Crippen LogP contribution in [0.2, 0.25) is 0 Å². The Morgan fingerprint density at radius 1 is 1.33 bits per heavy atom. The van der Waals surface area contributed by atoms with Crippen molar-refractivity contribution >= 4 is 11.0 Å². The van der Waals surface area contributed by atoms with E-state index < -0.39 is 0 Å². The van der Waals surface area contributed by atoms with Crippen LogP contribution in [0.15, 0.2) is 28.7 Å². The zero-order chi connectivity index (χ0) is 10.8. The van der Waals surface area contributed by atoms with Crippen LogP contribution in [0.1, 0.15) is 24.7 Å². The summed E-state index contributed by atoms with van der Waals surface area (Å²) in [4.78, 5) is 0. The van der Waals surface area contributed by atoms with Gasteiger partial charge in [0.1, 0.15) is 11.3 Å². The summed E-state index contributed by atoms with van der Waals surface area (Å²) in [5.41, 5.74) is 2.06. The molecule has 1 aromatic carbocycles. The van der Waals surface area contributed by atoms with Gasteiger partial charge in [-0.3, -0.25) is 0 Å². The fourth-order valence-electron chi connectivity index (χ4n) is 1.78. The Morgan fingerprint density at radius 3 is 2.73 bits per heavy atom. The SMILES string of the molecule is CCC(O)Cc1oc2ccccc2c1C. The van der Waals surface area contributed by atoms with Crippen molar-refractivity contribution < 1.29 is 9.52 Å². The van der Waals surface area contributed by atoms with Crippen LogP contribution >= 0.6 is 0 Å². The van der Waals surface area contributed by atoms with Gasteiger partial charge in [-0.1, -0.05) is 25.1 Å². The Bertz CT molecular complexity index is 457. The van der Waals surface area contributed by atoms with Crippen LogP contribution in [0, 0.1) is 6.92 Å². The fourth-order valence-corrected chi connectivity index (χ4v) is 1.78. The molecule has 0 saturated heterocycles. The summed E-state index contributed by atoms with van der Waals surface area (Å²) in [5, 5.41) is 10.7. The van der Waals surface area contributed by atoms with E-state index in [0.29, 0.717) is 6.42 Å². The smallest absolute Gasteiger partial charge is 0.134 e. The highest BCUT2D eigenvalue weighted by Crippen LogP contribution is 2.25. The van der Waals surface area contributed by atoms with Crippen molar-refractivity contribution in [3.63, 3.8) is 0 Å². The predicted octanol–water partition coefficient (Wildman–Crippen LogP) is 3.05. The molecule has 0 spiro atoms. The monoisotopic (exact) mass is 204 g/mol. The van der Waals surface area contributed by atoms with Crippen LogP contribution in [0.25, 0.3) is 11.0 Å². The van der Waals surface area contributed by atoms with Crippen molar-refractivity contribution in [3.8, 4) is 0 Å². The number of para-hydroxylation sites is 1. The largest absolute Gasteiger partial charge is 0.461 e. The molecule has 0 bridgehead atoms. The van der Waals surface area contributed by atoms with Crippen LogP contribution in [0.5, 0.6) is 0 Å². The average Bonchev–Trinajstić information content (AvgIpc) is 2.57. The molecule has 0 amide bonds. The normalized spacial score (nSPS) is 13.3. The van der Waals surface area contributed by atoms with Crippen molar-refractivity contribution in [2.75, 3.05) is 0 Å². The molecule has 0 saturated carbocycles.